The molecule has 2 heterocycles. The Hall–Kier alpha value is -4.40. The predicted octanol–water partition coefficient (Wildman–Crippen LogP) is 3.28. The summed E-state index contributed by atoms with van der Waals surface area (Å²) in [7, 11) is 0. The molecule has 33 heavy (non-hydrogen) atoms. The fourth-order valence-corrected chi connectivity index (χ4v) is 3.32. The van der Waals surface area contributed by atoms with Crippen LogP contribution in [-0.4, -0.2) is 35.8 Å². The van der Waals surface area contributed by atoms with E-state index in [1.54, 1.807) is 35.2 Å². The Labute approximate surface area is 190 Å². The first-order valence-corrected chi connectivity index (χ1v) is 10.4. The standard InChI is InChI=1S/C24H23N5O4/c25-24(17-12-13-22(26-15-17)33-18-7-2-1-3-8-18)28-32-16-21(30)27-19-9-4-5-10-20(19)29-14-6-11-23(29)31/h1-5,7-10,12-13,15H,6,11,14,16H2,(H2,25,28)(H,27,30). The van der Waals surface area contributed by atoms with Gasteiger partial charge in [-0.3, -0.25) is 9.59 Å². The number of benzene rings is 2. The number of amidine groups is 1. The summed E-state index contributed by atoms with van der Waals surface area (Å²) < 4.78 is 5.63. The first-order valence-electron chi connectivity index (χ1n) is 10.4. The molecule has 4 rings (SSSR count). The van der Waals surface area contributed by atoms with Crippen LogP contribution in [0.15, 0.2) is 78.1 Å². The number of amides is 2. The first-order chi connectivity index (χ1) is 16.1. The van der Waals surface area contributed by atoms with Crippen molar-refractivity contribution in [3.05, 3.63) is 78.5 Å². The van der Waals surface area contributed by atoms with Crippen molar-refractivity contribution in [2.45, 2.75) is 12.8 Å². The highest BCUT2D eigenvalue weighted by molar-refractivity contribution is 6.02. The second-order valence-corrected chi connectivity index (χ2v) is 7.26. The number of carbonyl (C=O) groups excluding carboxylic acids is 2. The van der Waals surface area contributed by atoms with Crippen LogP contribution in [0.5, 0.6) is 11.6 Å². The van der Waals surface area contributed by atoms with E-state index in [1.165, 1.54) is 6.20 Å². The Bertz CT molecular complexity index is 1150. The number of rotatable bonds is 8. The third-order valence-corrected chi connectivity index (χ3v) is 4.90. The van der Waals surface area contributed by atoms with Gasteiger partial charge in [-0.05, 0) is 36.8 Å². The van der Waals surface area contributed by atoms with Crippen LogP contribution in [0.25, 0.3) is 0 Å². The molecule has 2 amide bonds. The molecular formula is C24H23N5O4. The number of hydrogen-bond donors (Lipinski definition) is 2. The molecule has 2 aromatic carbocycles. The monoisotopic (exact) mass is 445 g/mol. The zero-order valence-electron chi connectivity index (χ0n) is 17.8. The Kier molecular flexibility index (Phi) is 6.79. The van der Waals surface area contributed by atoms with Crippen LogP contribution < -0.4 is 20.7 Å². The van der Waals surface area contributed by atoms with E-state index in [1.807, 2.05) is 36.4 Å². The lowest BCUT2D eigenvalue weighted by Crippen LogP contribution is -2.26. The molecule has 0 atom stereocenters. The largest absolute Gasteiger partial charge is 0.439 e. The topological polar surface area (TPSA) is 119 Å². The van der Waals surface area contributed by atoms with Gasteiger partial charge in [0, 0.05) is 30.8 Å². The number of para-hydroxylation sites is 3. The number of anilines is 2. The van der Waals surface area contributed by atoms with Crippen molar-refractivity contribution in [3.63, 3.8) is 0 Å². The lowest BCUT2D eigenvalue weighted by atomic mass is 10.2. The van der Waals surface area contributed by atoms with Crippen LogP contribution in [0.3, 0.4) is 0 Å². The molecule has 1 aliphatic heterocycles. The highest BCUT2D eigenvalue weighted by Crippen LogP contribution is 2.29. The maximum absolute atomic E-state index is 12.3. The molecule has 1 aliphatic rings. The summed E-state index contributed by atoms with van der Waals surface area (Å²) in [6.07, 6.45) is 2.81. The highest BCUT2D eigenvalue weighted by Gasteiger charge is 2.24. The summed E-state index contributed by atoms with van der Waals surface area (Å²) in [5, 5.41) is 6.55. The summed E-state index contributed by atoms with van der Waals surface area (Å²) in [6, 6.07) is 19.8. The van der Waals surface area contributed by atoms with Gasteiger partial charge >= 0.3 is 0 Å². The van der Waals surface area contributed by atoms with Gasteiger partial charge in [0.15, 0.2) is 12.4 Å². The van der Waals surface area contributed by atoms with Crippen LogP contribution in [0.2, 0.25) is 0 Å². The summed E-state index contributed by atoms with van der Waals surface area (Å²) in [5.74, 6) is 0.775. The van der Waals surface area contributed by atoms with Gasteiger partial charge in [0.05, 0.1) is 11.4 Å². The number of aromatic nitrogens is 1. The van der Waals surface area contributed by atoms with Crippen LogP contribution >= 0.6 is 0 Å². The average molecular weight is 445 g/mol. The Morgan fingerprint density at radius 3 is 2.61 bits per heavy atom. The predicted molar refractivity (Wildman–Crippen MR) is 124 cm³/mol. The molecule has 0 aliphatic carbocycles. The highest BCUT2D eigenvalue weighted by atomic mass is 16.6. The Balaban J connectivity index is 1.31. The van der Waals surface area contributed by atoms with Crippen LogP contribution in [-0.2, 0) is 14.4 Å². The fourth-order valence-electron chi connectivity index (χ4n) is 3.32. The van der Waals surface area contributed by atoms with E-state index in [-0.39, 0.29) is 18.3 Å². The van der Waals surface area contributed by atoms with Gasteiger partial charge in [-0.1, -0.05) is 35.5 Å². The van der Waals surface area contributed by atoms with Crippen molar-refractivity contribution < 1.29 is 19.2 Å². The molecule has 9 heteroatoms. The Morgan fingerprint density at radius 1 is 1.09 bits per heavy atom. The van der Waals surface area contributed by atoms with Crippen LogP contribution in [0.4, 0.5) is 11.4 Å². The molecule has 0 bridgehead atoms. The number of nitrogens with zero attached hydrogens (tertiary/aromatic N) is 3. The number of ether oxygens (including phenoxy) is 1. The number of carbonyl (C=O) groups is 2. The molecule has 3 N–H and O–H groups in total. The lowest BCUT2D eigenvalue weighted by Gasteiger charge is -2.19. The van der Waals surface area contributed by atoms with E-state index in [9.17, 15) is 9.59 Å². The maximum atomic E-state index is 12.3. The van der Waals surface area contributed by atoms with Gasteiger partial charge in [0.25, 0.3) is 5.91 Å². The molecular weight excluding hydrogens is 422 g/mol. The van der Waals surface area contributed by atoms with E-state index in [0.717, 1.165) is 6.42 Å². The van der Waals surface area contributed by atoms with E-state index in [0.29, 0.717) is 41.5 Å². The molecule has 1 saturated heterocycles. The van der Waals surface area contributed by atoms with Gasteiger partial charge in [0.1, 0.15) is 5.75 Å². The Morgan fingerprint density at radius 2 is 1.88 bits per heavy atom. The number of nitrogens with one attached hydrogen (secondary N) is 1. The van der Waals surface area contributed by atoms with Crippen molar-refractivity contribution >= 4 is 29.0 Å². The van der Waals surface area contributed by atoms with Gasteiger partial charge in [-0.25, -0.2) is 4.98 Å². The van der Waals surface area contributed by atoms with Crippen LogP contribution in [0, 0.1) is 0 Å². The minimum atomic E-state index is -0.421. The summed E-state index contributed by atoms with van der Waals surface area (Å²) in [6.45, 7) is 0.290. The molecule has 1 aromatic heterocycles. The molecule has 9 nitrogen and oxygen atoms in total. The van der Waals surface area contributed by atoms with Gasteiger partial charge in [-0.2, -0.15) is 0 Å². The van der Waals surface area contributed by atoms with E-state index >= 15 is 0 Å². The summed E-state index contributed by atoms with van der Waals surface area (Å²) in [4.78, 5) is 35.3. The molecule has 3 aromatic rings. The molecule has 0 radical (unpaired) electrons. The van der Waals surface area contributed by atoms with Crippen molar-refractivity contribution in [1.29, 1.82) is 0 Å². The van der Waals surface area contributed by atoms with Gasteiger partial charge < -0.3 is 25.5 Å². The number of pyridine rings is 1. The molecule has 168 valence electrons. The third-order valence-electron chi connectivity index (χ3n) is 4.90. The van der Waals surface area contributed by atoms with Gasteiger partial charge in [-0.15, -0.1) is 0 Å². The van der Waals surface area contributed by atoms with Crippen LogP contribution in [0.1, 0.15) is 18.4 Å². The zero-order chi connectivity index (χ0) is 23.0. The van der Waals surface area contributed by atoms with Crippen molar-refractivity contribution in [3.8, 4) is 11.6 Å². The molecule has 0 spiro atoms. The maximum Gasteiger partial charge on any atom is 0.265 e. The molecule has 1 fully saturated rings. The van der Waals surface area contributed by atoms with E-state index in [2.05, 4.69) is 15.5 Å². The first kappa shape index (κ1) is 21.8. The van der Waals surface area contributed by atoms with Crippen molar-refractivity contribution in [1.82, 2.24) is 4.98 Å². The normalized spacial score (nSPS) is 13.6. The summed E-state index contributed by atoms with van der Waals surface area (Å²) >= 11 is 0. The quantitative estimate of drug-likeness (QED) is 0.312. The minimum Gasteiger partial charge on any atom is -0.439 e. The minimum absolute atomic E-state index is 0.0409. The number of nitrogens with two attached hydrogens (primary N) is 1. The van der Waals surface area contributed by atoms with Crippen molar-refractivity contribution in [2.75, 3.05) is 23.4 Å². The smallest absolute Gasteiger partial charge is 0.265 e. The van der Waals surface area contributed by atoms with E-state index < -0.39 is 5.91 Å². The number of hydrogen-bond acceptors (Lipinski definition) is 6. The number of oxime groups is 1. The second kappa shape index (κ2) is 10.3. The van der Waals surface area contributed by atoms with Gasteiger partial charge in [0.2, 0.25) is 11.8 Å². The lowest BCUT2D eigenvalue weighted by molar-refractivity contribution is -0.120. The zero-order valence-corrected chi connectivity index (χ0v) is 17.8. The SMILES string of the molecule is N/C(=N/OCC(=O)Nc1ccccc1N1CCCC1=O)c1ccc(Oc2ccccc2)nc1. The second-order valence-electron chi connectivity index (χ2n) is 7.26. The summed E-state index contributed by atoms with van der Waals surface area (Å²) in [5.41, 5.74) is 7.65. The molecule has 0 unspecified atom stereocenters. The molecule has 0 saturated carbocycles. The fraction of sp³-hybridized carbons (Fsp3) is 0.167. The average Bonchev–Trinajstić information content (AvgIpc) is 3.26. The van der Waals surface area contributed by atoms with Crippen molar-refractivity contribution in [2.24, 2.45) is 10.9 Å². The van der Waals surface area contributed by atoms with E-state index in [4.69, 9.17) is 15.3 Å². The third kappa shape index (κ3) is 5.65.